The van der Waals surface area contributed by atoms with Crippen molar-refractivity contribution in [2.24, 2.45) is 0 Å². The molecule has 0 aliphatic carbocycles. The van der Waals surface area contributed by atoms with Crippen LogP contribution in [-0.4, -0.2) is 9.55 Å². The van der Waals surface area contributed by atoms with Crippen molar-refractivity contribution >= 4 is 53.3 Å². The van der Waals surface area contributed by atoms with E-state index in [0.29, 0.717) is 0 Å². The zero-order valence-electron chi connectivity index (χ0n) is 18.8. The van der Waals surface area contributed by atoms with Gasteiger partial charge in [-0.15, -0.1) is 11.3 Å². The molecule has 2 heterocycles. The number of hydrogen-bond donors (Lipinski definition) is 0. The molecule has 0 fully saturated rings. The van der Waals surface area contributed by atoms with Gasteiger partial charge in [-0.05, 0) is 47.5 Å². The van der Waals surface area contributed by atoms with Crippen molar-refractivity contribution in [3.63, 3.8) is 0 Å². The highest BCUT2D eigenvalue weighted by Gasteiger charge is 2.21. The van der Waals surface area contributed by atoms with Crippen molar-refractivity contribution in [2.45, 2.75) is 13.0 Å². The second-order valence-electron chi connectivity index (χ2n) is 8.86. The van der Waals surface area contributed by atoms with E-state index >= 15 is 0 Å². The molecule has 34 heavy (non-hydrogen) atoms. The monoisotopic (exact) mass is 454 g/mol. The molecule has 0 saturated carbocycles. The summed E-state index contributed by atoms with van der Waals surface area (Å²) in [6.45, 7) is 2.28. The molecule has 7 rings (SSSR count). The lowest BCUT2D eigenvalue weighted by Crippen LogP contribution is -2.08. The lowest BCUT2D eigenvalue weighted by atomic mass is 10.1. The van der Waals surface area contributed by atoms with E-state index in [1.165, 1.54) is 47.6 Å². The Morgan fingerprint density at radius 1 is 0.706 bits per heavy atom. The molecular formula is C31H22N2S. The van der Waals surface area contributed by atoms with E-state index in [1.807, 2.05) is 11.3 Å². The van der Waals surface area contributed by atoms with Crippen LogP contribution in [-0.2, 0) is 0 Å². The van der Waals surface area contributed by atoms with Gasteiger partial charge < -0.3 is 4.57 Å². The summed E-state index contributed by atoms with van der Waals surface area (Å²) >= 11 is 1.86. The minimum atomic E-state index is 0.145. The van der Waals surface area contributed by atoms with Crippen LogP contribution in [0.15, 0.2) is 109 Å². The van der Waals surface area contributed by atoms with Crippen molar-refractivity contribution in [1.82, 2.24) is 9.55 Å². The first-order valence-corrected chi connectivity index (χ1v) is 12.5. The highest BCUT2D eigenvalue weighted by molar-refractivity contribution is 7.26. The van der Waals surface area contributed by atoms with Crippen LogP contribution in [0, 0.1) is 0 Å². The number of rotatable bonds is 3. The zero-order valence-corrected chi connectivity index (χ0v) is 19.6. The van der Waals surface area contributed by atoms with Crippen molar-refractivity contribution in [3.8, 4) is 11.4 Å². The van der Waals surface area contributed by atoms with Gasteiger partial charge in [0.05, 0.1) is 17.1 Å². The van der Waals surface area contributed by atoms with Gasteiger partial charge in [0, 0.05) is 25.7 Å². The van der Waals surface area contributed by atoms with Gasteiger partial charge in [0.1, 0.15) is 5.82 Å². The highest BCUT2D eigenvalue weighted by Crippen LogP contribution is 2.42. The topological polar surface area (TPSA) is 17.8 Å². The Morgan fingerprint density at radius 2 is 1.41 bits per heavy atom. The molecule has 0 spiro atoms. The Kier molecular flexibility index (Phi) is 4.33. The van der Waals surface area contributed by atoms with Crippen LogP contribution >= 0.6 is 11.3 Å². The van der Waals surface area contributed by atoms with Crippen molar-refractivity contribution in [2.75, 3.05) is 0 Å². The van der Waals surface area contributed by atoms with Gasteiger partial charge >= 0.3 is 0 Å². The predicted octanol–water partition coefficient (Wildman–Crippen LogP) is 8.83. The minimum Gasteiger partial charge on any atom is -0.317 e. The Labute approximate surface area is 201 Å². The van der Waals surface area contributed by atoms with Crippen LogP contribution in [0.4, 0.5) is 0 Å². The molecule has 3 heteroatoms. The fraction of sp³-hybridized carbons (Fsp3) is 0.0645. The molecule has 2 nitrogen and oxygen atoms in total. The number of fused-ring (bicyclic) bond motifs is 5. The highest BCUT2D eigenvalue weighted by atomic mass is 32.1. The summed E-state index contributed by atoms with van der Waals surface area (Å²) in [5, 5.41) is 5.07. The molecule has 0 amide bonds. The summed E-state index contributed by atoms with van der Waals surface area (Å²) in [7, 11) is 0. The molecule has 2 aromatic heterocycles. The van der Waals surface area contributed by atoms with E-state index < -0.39 is 0 Å². The number of benzene rings is 5. The molecule has 1 unspecified atom stereocenters. The predicted molar refractivity (Wildman–Crippen MR) is 146 cm³/mol. The van der Waals surface area contributed by atoms with E-state index in [-0.39, 0.29) is 6.04 Å². The van der Waals surface area contributed by atoms with Gasteiger partial charge in [-0.3, -0.25) is 0 Å². The third kappa shape index (κ3) is 2.91. The van der Waals surface area contributed by atoms with Gasteiger partial charge in [-0.2, -0.15) is 0 Å². The molecule has 0 N–H and O–H groups in total. The summed E-state index contributed by atoms with van der Waals surface area (Å²) in [5.74, 6) is 1.03. The van der Waals surface area contributed by atoms with Crippen LogP contribution in [0.1, 0.15) is 18.5 Å². The maximum atomic E-state index is 5.27. The second kappa shape index (κ2) is 7.54. The molecule has 1 atom stereocenters. The van der Waals surface area contributed by atoms with Crippen molar-refractivity contribution in [3.05, 3.63) is 115 Å². The van der Waals surface area contributed by atoms with E-state index in [2.05, 4.69) is 121 Å². The first-order valence-electron chi connectivity index (χ1n) is 11.6. The van der Waals surface area contributed by atoms with Gasteiger partial charge in [0.2, 0.25) is 0 Å². The fourth-order valence-electron chi connectivity index (χ4n) is 5.17. The SMILES string of the molecule is CC(c1ccccc1)n1c(-c2cccc3c2sc2ccccc23)nc2cc3ccccc3cc21. The Hall–Kier alpha value is -3.95. The van der Waals surface area contributed by atoms with Crippen LogP contribution in [0.25, 0.3) is 53.4 Å². The summed E-state index contributed by atoms with van der Waals surface area (Å²) in [6, 6.07) is 39.3. The van der Waals surface area contributed by atoms with E-state index in [0.717, 1.165) is 11.3 Å². The third-order valence-corrected chi connectivity index (χ3v) is 8.09. The number of aromatic nitrogens is 2. The second-order valence-corrected chi connectivity index (χ2v) is 9.91. The van der Waals surface area contributed by atoms with Gasteiger partial charge in [0.15, 0.2) is 0 Å². The first-order chi connectivity index (χ1) is 16.8. The lowest BCUT2D eigenvalue weighted by molar-refractivity contribution is 0.666. The Balaban J connectivity index is 1.58. The third-order valence-electron chi connectivity index (χ3n) is 6.87. The number of imidazole rings is 1. The number of thiophene rings is 1. The Morgan fingerprint density at radius 3 is 2.26 bits per heavy atom. The fourth-order valence-corrected chi connectivity index (χ4v) is 6.38. The largest absolute Gasteiger partial charge is 0.317 e. The molecule has 7 aromatic rings. The quantitative estimate of drug-likeness (QED) is 0.261. The van der Waals surface area contributed by atoms with Crippen LogP contribution in [0.5, 0.6) is 0 Å². The van der Waals surface area contributed by atoms with Crippen LogP contribution in [0.3, 0.4) is 0 Å². The zero-order chi connectivity index (χ0) is 22.6. The number of nitrogens with zero attached hydrogens (tertiary/aromatic N) is 2. The van der Waals surface area contributed by atoms with Gasteiger partial charge in [-0.1, -0.05) is 84.9 Å². The molecule has 162 valence electrons. The smallest absolute Gasteiger partial charge is 0.143 e. The molecule has 0 aliphatic rings. The summed E-state index contributed by atoms with van der Waals surface area (Å²) in [4.78, 5) is 5.27. The number of hydrogen-bond acceptors (Lipinski definition) is 2. The van der Waals surface area contributed by atoms with E-state index in [4.69, 9.17) is 4.98 Å². The lowest BCUT2D eigenvalue weighted by Gasteiger charge is -2.19. The van der Waals surface area contributed by atoms with Gasteiger partial charge in [-0.25, -0.2) is 4.98 Å². The minimum absolute atomic E-state index is 0.145. The van der Waals surface area contributed by atoms with Gasteiger partial charge in [0.25, 0.3) is 0 Å². The Bertz CT molecular complexity index is 1830. The average molecular weight is 455 g/mol. The summed E-state index contributed by atoms with van der Waals surface area (Å²) < 4.78 is 5.04. The molecule has 0 radical (unpaired) electrons. The standard InChI is InChI=1S/C31H22N2S/c1-20(21-10-3-2-4-11-21)33-28-19-23-13-6-5-12-22(23)18-27(28)32-31(33)26-16-9-15-25-24-14-7-8-17-29(24)34-30(25)26/h2-20H,1H3. The maximum Gasteiger partial charge on any atom is 0.143 e. The van der Waals surface area contributed by atoms with Crippen LogP contribution < -0.4 is 0 Å². The van der Waals surface area contributed by atoms with Crippen molar-refractivity contribution < 1.29 is 0 Å². The summed E-state index contributed by atoms with van der Waals surface area (Å²) in [5.41, 5.74) is 4.68. The van der Waals surface area contributed by atoms with E-state index in [1.54, 1.807) is 0 Å². The van der Waals surface area contributed by atoms with Crippen molar-refractivity contribution in [1.29, 1.82) is 0 Å². The molecule has 0 saturated heterocycles. The average Bonchev–Trinajstić information content (AvgIpc) is 3.45. The van der Waals surface area contributed by atoms with Crippen LogP contribution in [0.2, 0.25) is 0 Å². The molecule has 5 aromatic carbocycles. The normalized spacial score (nSPS) is 12.7. The maximum absolute atomic E-state index is 5.27. The molecule has 0 aliphatic heterocycles. The molecular weight excluding hydrogens is 432 g/mol. The van der Waals surface area contributed by atoms with E-state index in [9.17, 15) is 0 Å². The molecule has 0 bridgehead atoms. The summed E-state index contributed by atoms with van der Waals surface area (Å²) in [6.07, 6.45) is 0. The first kappa shape index (κ1) is 19.5.